The van der Waals surface area contributed by atoms with E-state index >= 15 is 0 Å². The van der Waals surface area contributed by atoms with E-state index in [4.69, 9.17) is 14.2 Å². The lowest BCUT2D eigenvalue weighted by Crippen LogP contribution is -2.23. The summed E-state index contributed by atoms with van der Waals surface area (Å²) in [6.45, 7) is 12.3. The van der Waals surface area contributed by atoms with Crippen LogP contribution in [0.2, 0.25) is 0 Å². The summed E-state index contributed by atoms with van der Waals surface area (Å²) in [6, 6.07) is 0. The molecule has 0 aliphatic carbocycles. The number of rotatable bonds is 42. The van der Waals surface area contributed by atoms with Crippen molar-refractivity contribution in [1.29, 1.82) is 0 Å². The summed E-state index contributed by atoms with van der Waals surface area (Å²) in [5.41, 5.74) is 0. The molecule has 336 valence electrons. The van der Waals surface area contributed by atoms with Crippen molar-refractivity contribution in [2.45, 2.75) is 239 Å². The third-order valence-electron chi connectivity index (χ3n) is 11.3. The van der Waals surface area contributed by atoms with E-state index in [1.54, 1.807) is 0 Å². The third-order valence-corrected chi connectivity index (χ3v) is 11.3. The minimum Gasteiger partial charge on any atom is -0.466 e. The van der Waals surface area contributed by atoms with Crippen molar-refractivity contribution in [1.82, 2.24) is 10.2 Å². The molecular formula is C49H100N2O5. The molecule has 0 amide bonds. The van der Waals surface area contributed by atoms with Gasteiger partial charge in [0.25, 0.3) is 0 Å². The number of nitrogens with one attached hydrogen (secondary N) is 1. The molecule has 1 N–H and O–H groups in total. The molecule has 0 unspecified atom stereocenters. The number of unbranched alkanes of at least 4 members (excludes halogenated alkanes) is 18. The zero-order valence-corrected chi connectivity index (χ0v) is 39.2. The summed E-state index contributed by atoms with van der Waals surface area (Å²) in [6.07, 6.45) is 37.9. The minimum atomic E-state index is 0.0241. The first kappa shape index (κ1) is 56.9. The topological polar surface area (TPSA) is 77.1 Å². The van der Waals surface area contributed by atoms with Gasteiger partial charge >= 0.3 is 11.9 Å². The van der Waals surface area contributed by atoms with Crippen LogP contribution >= 0.6 is 0 Å². The molecule has 0 bridgehead atoms. The van der Waals surface area contributed by atoms with Crippen LogP contribution in [0.5, 0.6) is 0 Å². The Balaban J connectivity index is 0. The van der Waals surface area contributed by atoms with Gasteiger partial charge in [-0.2, -0.15) is 0 Å². The maximum absolute atomic E-state index is 12.4. The van der Waals surface area contributed by atoms with E-state index in [0.717, 1.165) is 51.6 Å². The van der Waals surface area contributed by atoms with Crippen LogP contribution in [0, 0.1) is 11.8 Å². The Bertz CT molecular complexity index is 718. The molecule has 0 radical (unpaired) electrons. The number of carbonyl (C=O) groups excluding carboxylic acids is 2. The van der Waals surface area contributed by atoms with E-state index in [9.17, 15) is 9.59 Å². The second-order valence-electron chi connectivity index (χ2n) is 17.1. The monoisotopic (exact) mass is 797 g/mol. The SMILES string of the molecule is CCCCCC(CCCCC)CC(=O)OCCCCCCCCC(CCCCCCCCOC(=O)CC(CCCCC)CCCCC)OC.CNCCN(C)C. The Hall–Kier alpha value is -1.18. The van der Waals surface area contributed by atoms with Gasteiger partial charge < -0.3 is 24.4 Å². The Labute approximate surface area is 350 Å². The highest BCUT2D eigenvalue weighted by Crippen LogP contribution is 2.23. The molecule has 0 heterocycles. The summed E-state index contributed by atoms with van der Waals surface area (Å²) in [4.78, 5) is 27.0. The number of esters is 2. The molecule has 0 spiro atoms. The van der Waals surface area contributed by atoms with Crippen LogP contribution in [0.25, 0.3) is 0 Å². The molecule has 0 aromatic carbocycles. The van der Waals surface area contributed by atoms with Crippen molar-refractivity contribution in [3.8, 4) is 0 Å². The van der Waals surface area contributed by atoms with Crippen LogP contribution in [-0.4, -0.2) is 77.5 Å². The molecule has 56 heavy (non-hydrogen) atoms. The lowest BCUT2D eigenvalue weighted by atomic mass is 9.92. The number of carbonyl (C=O) groups is 2. The summed E-state index contributed by atoms with van der Waals surface area (Å²) >= 11 is 0. The maximum Gasteiger partial charge on any atom is 0.306 e. The van der Waals surface area contributed by atoms with Crippen molar-refractivity contribution < 1.29 is 23.8 Å². The first-order chi connectivity index (χ1) is 27.3. The molecule has 7 nitrogen and oxygen atoms in total. The lowest BCUT2D eigenvalue weighted by molar-refractivity contribution is -0.146. The minimum absolute atomic E-state index is 0.0241. The van der Waals surface area contributed by atoms with E-state index in [0.29, 0.717) is 44.0 Å². The fourth-order valence-electron chi connectivity index (χ4n) is 7.47. The highest BCUT2D eigenvalue weighted by atomic mass is 16.5. The number of likely N-dealkylation sites (N-methyl/N-ethyl adjacent to an activating group) is 2. The second-order valence-corrected chi connectivity index (χ2v) is 17.1. The Morgan fingerprint density at radius 3 is 1.09 bits per heavy atom. The van der Waals surface area contributed by atoms with Crippen LogP contribution in [0.15, 0.2) is 0 Å². The van der Waals surface area contributed by atoms with Gasteiger partial charge in [0.15, 0.2) is 0 Å². The predicted molar refractivity (Wildman–Crippen MR) is 243 cm³/mol. The van der Waals surface area contributed by atoms with Crippen LogP contribution in [0.3, 0.4) is 0 Å². The van der Waals surface area contributed by atoms with Crippen molar-refractivity contribution in [2.75, 3.05) is 54.6 Å². The van der Waals surface area contributed by atoms with Gasteiger partial charge in [0.05, 0.1) is 19.3 Å². The Kier molecular flexibility index (Phi) is 47.3. The van der Waals surface area contributed by atoms with Crippen molar-refractivity contribution in [3.63, 3.8) is 0 Å². The van der Waals surface area contributed by atoms with Gasteiger partial charge in [0.1, 0.15) is 0 Å². The molecule has 0 aliphatic rings. The molecule has 0 aromatic heterocycles. The van der Waals surface area contributed by atoms with Gasteiger partial charge in [-0.1, -0.05) is 169 Å². The molecule has 0 saturated heterocycles. The van der Waals surface area contributed by atoms with Crippen LogP contribution in [-0.2, 0) is 23.8 Å². The summed E-state index contributed by atoms with van der Waals surface area (Å²) in [7, 11) is 7.96. The van der Waals surface area contributed by atoms with Gasteiger partial charge in [0.2, 0.25) is 0 Å². The number of methoxy groups -OCH3 is 1. The number of ether oxygens (including phenoxy) is 3. The highest BCUT2D eigenvalue weighted by molar-refractivity contribution is 5.70. The Morgan fingerprint density at radius 2 is 0.804 bits per heavy atom. The van der Waals surface area contributed by atoms with Gasteiger partial charge in [-0.05, 0) is 84.3 Å². The second kappa shape index (κ2) is 46.5. The zero-order chi connectivity index (χ0) is 41.7. The number of hydrogen-bond acceptors (Lipinski definition) is 7. The van der Waals surface area contributed by atoms with E-state index in [1.165, 1.54) is 154 Å². The van der Waals surface area contributed by atoms with Crippen molar-refractivity contribution >= 4 is 11.9 Å². The third kappa shape index (κ3) is 43.9. The standard InChI is InChI=1S/C44H86O5.C5H14N2/c1-6-10-22-30-40(31-23-11-7-2)38-43(45)48-36-28-20-16-14-18-26-34-42(47-5)35-27-19-15-17-21-29-37-49-44(46)39-41(32-24-12-8-3)33-25-13-9-4;1-6-4-5-7(2)3/h40-42H,6-39H2,1-5H3;6H,4-5H2,1-3H3. The maximum atomic E-state index is 12.4. The van der Waals surface area contributed by atoms with Gasteiger partial charge in [-0.25, -0.2) is 0 Å². The normalized spacial score (nSPS) is 11.5. The van der Waals surface area contributed by atoms with E-state index < -0.39 is 0 Å². The lowest BCUT2D eigenvalue weighted by Gasteiger charge is -2.16. The van der Waals surface area contributed by atoms with E-state index in [2.05, 4.69) is 52.0 Å². The first-order valence-corrected chi connectivity index (χ1v) is 24.4. The van der Waals surface area contributed by atoms with Crippen LogP contribution in [0.1, 0.15) is 233 Å². The first-order valence-electron chi connectivity index (χ1n) is 24.4. The smallest absolute Gasteiger partial charge is 0.306 e. The quantitative estimate of drug-likeness (QED) is 0.0487. The molecule has 0 rings (SSSR count). The molecular weight excluding hydrogens is 697 g/mol. The number of nitrogens with zero attached hydrogens (tertiary/aromatic N) is 1. The highest BCUT2D eigenvalue weighted by Gasteiger charge is 2.16. The molecule has 0 aliphatic heterocycles. The molecule has 0 saturated carbocycles. The van der Waals surface area contributed by atoms with Gasteiger partial charge in [-0.15, -0.1) is 0 Å². The predicted octanol–water partition coefficient (Wildman–Crippen LogP) is 13.7. The average molecular weight is 797 g/mol. The molecule has 0 aromatic rings. The fraction of sp³-hybridized carbons (Fsp3) is 0.959. The summed E-state index contributed by atoms with van der Waals surface area (Å²) < 4.78 is 17.0. The van der Waals surface area contributed by atoms with Crippen LogP contribution < -0.4 is 5.32 Å². The van der Waals surface area contributed by atoms with Crippen molar-refractivity contribution in [3.05, 3.63) is 0 Å². The van der Waals surface area contributed by atoms with Crippen molar-refractivity contribution in [2.24, 2.45) is 11.8 Å². The van der Waals surface area contributed by atoms with Gasteiger partial charge in [-0.3, -0.25) is 9.59 Å². The molecule has 7 heteroatoms. The molecule has 0 fully saturated rings. The van der Waals surface area contributed by atoms with E-state index in [-0.39, 0.29) is 11.9 Å². The largest absolute Gasteiger partial charge is 0.466 e. The zero-order valence-electron chi connectivity index (χ0n) is 39.2. The fourth-order valence-corrected chi connectivity index (χ4v) is 7.47. The number of hydrogen-bond donors (Lipinski definition) is 1. The van der Waals surface area contributed by atoms with Gasteiger partial charge in [0, 0.05) is 33.0 Å². The average Bonchev–Trinajstić information content (AvgIpc) is 3.18. The Morgan fingerprint density at radius 1 is 0.482 bits per heavy atom. The molecule has 0 atom stereocenters. The van der Waals surface area contributed by atoms with Crippen LogP contribution in [0.4, 0.5) is 0 Å². The summed E-state index contributed by atoms with van der Waals surface area (Å²) in [5, 5.41) is 3.06. The van der Waals surface area contributed by atoms with E-state index in [1.807, 2.05) is 14.2 Å². The summed E-state index contributed by atoms with van der Waals surface area (Å²) in [5.74, 6) is 1.07.